The average Bonchev–Trinajstić information content (AvgIpc) is 3.15. The van der Waals surface area contributed by atoms with E-state index in [0.717, 1.165) is 5.56 Å². The molecule has 0 unspecified atom stereocenters. The highest BCUT2D eigenvalue weighted by Crippen LogP contribution is 2.16. The Kier molecular flexibility index (Phi) is 17.7. The average molecular weight is 787 g/mol. The number of benzene rings is 3. The van der Waals surface area contributed by atoms with E-state index in [-0.39, 0.29) is 56.5 Å². The minimum absolute atomic E-state index is 0.0103. The Bertz CT molecular complexity index is 1900. The summed E-state index contributed by atoms with van der Waals surface area (Å²) in [4.78, 5) is 74.8. The topological polar surface area (TPSA) is 282 Å². The predicted molar refractivity (Wildman–Crippen MR) is 216 cm³/mol. The van der Waals surface area contributed by atoms with Crippen LogP contribution in [0.3, 0.4) is 0 Å². The van der Waals surface area contributed by atoms with Crippen LogP contribution in [0.5, 0.6) is 0 Å². The molecule has 3 aromatic rings. The largest absolute Gasteiger partial charge is 0.480 e. The standard InChI is InChI=1S/C40H51FN10O6/c1-24(2)21-31(35(53)49-30(38(56)57)9-6-20-46-39(42)43)50-37(55)33(23-27-12-17-29(18-13-27)47-40(44)45)51-36(54)32(22-26-10-15-28(41)16-11-26)48-34(52)19-14-25-7-4-3-5-8-25/h3-5,7-8,10-19,24,30-33H,6,9,20-23H2,1-2H3,(H,48,52)(H,49,53)(H,50,55)(H,51,54)(H,56,57)(H4,42,43,46)(H4,44,45,47)/b19-14+/t30-,31-,32-,33-/m0/s1. The molecule has 0 radical (unpaired) electrons. The Hall–Kier alpha value is -6.78. The van der Waals surface area contributed by atoms with Crippen LogP contribution in [0.4, 0.5) is 10.1 Å². The molecule has 0 aliphatic heterocycles. The number of carbonyl (C=O) groups is 5. The Morgan fingerprint density at radius 1 is 0.702 bits per heavy atom. The van der Waals surface area contributed by atoms with Gasteiger partial charge in [-0.3, -0.25) is 24.2 Å². The van der Waals surface area contributed by atoms with Crippen molar-refractivity contribution < 1.29 is 33.5 Å². The van der Waals surface area contributed by atoms with Crippen molar-refractivity contribution in [3.05, 3.63) is 107 Å². The summed E-state index contributed by atoms with van der Waals surface area (Å²) >= 11 is 0. The summed E-state index contributed by atoms with van der Waals surface area (Å²) in [7, 11) is 0. The van der Waals surface area contributed by atoms with Gasteiger partial charge in [0.25, 0.3) is 0 Å². The third-order valence-electron chi connectivity index (χ3n) is 8.38. The molecule has 0 saturated heterocycles. The lowest BCUT2D eigenvalue weighted by molar-refractivity contribution is -0.142. The second kappa shape index (κ2) is 22.6. The number of guanidine groups is 2. The van der Waals surface area contributed by atoms with Gasteiger partial charge in [0.1, 0.15) is 30.0 Å². The van der Waals surface area contributed by atoms with E-state index in [1.165, 1.54) is 30.3 Å². The molecule has 0 aromatic heterocycles. The van der Waals surface area contributed by atoms with Gasteiger partial charge in [-0.2, -0.15) is 0 Å². The van der Waals surface area contributed by atoms with Crippen LogP contribution in [-0.2, 0) is 36.8 Å². The molecule has 13 N–H and O–H groups in total. The fourth-order valence-electron chi connectivity index (χ4n) is 5.60. The van der Waals surface area contributed by atoms with Gasteiger partial charge in [0, 0.05) is 25.5 Å². The quantitative estimate of drug-likeness (QED) is 0.0323. The fourth-order valence-corrected chi connectivity index (χ4v) is 5.60. The molecule has 3 rings (SSSR count). The van der Waals surface area contributed by atoms with Crippen LogP contribution >= 0.6 is 0 Å². The van der Waals surface area contributed by atoms with Gasteiger partial charge in [-0.1, -0.05) is 68.4 Å². The maximum Gasteiger partial charge on any atom is 0.326 e. The van der Waals surface area contributed by atoms with Crippen molar-refractivity contribution >= 4 is 53.3 Å². The van der Waals surface area contributed by atoms with Crippen molar-refractivity contribution in [2.75, 3.05) is 6.54 Å². The molecule has 0 aliphatic rings. The van der Waals surface area contributed by atoms with Gasteiger partial charge in [-0.15, -0.1) is 0 Å². The van der Waals surface area contributed by atoms with Crippen LogP contribution in [0.25, 0.3) is 6.08 Å². The van der Waals surface area contributed by atoms with Crippen molar-refractivity contribution in [2.24, 2.45) is 38.8 Å². The number of carboxylic acid groups (broad SMARTS) is 1. The molecule has 17 heteroatoms. The van der Waals surface area contributed by atoms with E-state index in [2.05, 4.69) is 31.3 Å². The SMILES string of the molecule is CC(C)C[C@H](NC(=O)[C@H](Cc1ccc(N=C(N)N)cc1)NC(=O)[C@H](Cc1ccc(F)cc1)NC(=O)/C=C/c1ccccc1)C(=O)N[C@@H](CCCN=C(N)N)C(=O)O. The summed E-state index contributed by atoms with van der Waals surface area (Å²) < 4.78 is 13.8. The molecule has 0 bridgehead atoms. The second-order valence-corrected chi connectivity index (χ2v) is 13.6. The molecule has 3 aromatic carbocycles. The first-order chi connectivity index (χ1) is 27.1. The summed E-state index contributed by atoms with van der Waals surface area (Å²) in [5.74, 6) is -5.05. The monoisotopic (exact) mass is 786 g/mol. The molecule has 16 nitrogen and oxygen atoms in total. The third kappa shape index (κ3) is 16.6. The molecule has 304 valence electrons. The van der Waals surface area contributed by atoms with Crippen LogP contribution in [-0.4, -0.2) is 77.3 Å². The van der Waals surface area contributed by atoms with Crippen molar-refractivity contribution in [1.29, 1.82) is 0 Å². The molecular weight excluding hydrogens is 736 g/mol. The van der Waals surface area contributed by atoms with Crippen molar-refractivity contribution in [3.63, 3.8) is 0 Å². The number of hydrogen-bond donors (Lipinski definition) is 9. The van der Waals surface area contributed by atoms with Crippen LogP contribution in [0, 0.1) is 11.7 Å². The van der Waals surface area contributed by atoms with Crippen LogP contribution < -0.4 is 44.2 Å². The number of amides is 4. The van der Waals surface area contributed by atoms with Gasteiger partial charge in [0.2, 0.25) is 23.6 Å². The molecule has 0 saturated carbocycles. The van der Waals surface area contributed by atoms with Crippen molar-refractivity contribution in [1.82, 2.24) is 21.3 Å². The summed E-state index contributed by atoms with van der Waals surface area (Å²) in [6.45, 7) is 3.79. The zero-order valence-electron chi connectivity index (χ0n) is 31.9. The molecule has 0 heterocycles. The van der Waals surface area contributed by atoms with Crippen LogP contribution in [0.15, 0.2) is 94.9 Å². The highest BCUT2D eigenvalue weighted by Gasteiger charge is 2.32. The van der Waals surface area contributed by atoms with Crippen LogP contribution in [0.1, 0.15) is 49.8 Å². The number of aliphatic imine (C=N–C) groups is 2. The number of nitrogens with one attached hydrogen (secondary N) is 4. The lowest BCUT2D eigenvalue weighted by Gasteiger charge is -2.27. The number of rotatable bonds is 21. The number of nitrogens with zero attached hydrogens (tertiary/aromatic N) is 2. The van der Waals surface area contributed by atoms with Crippen molar-refractivity contribution in [2.45, 2.75) is 70.1 Å². The maximum absolute atomic E-state index is 14.1. The first kappa shape index (κ1) is 44.6. The van der Waals surface area contributed by atoms with E-state index in [1.54, 1.807) is 54.6 Å². The minimum Gasteiger partial charge on any atom is -0.480 e. The van der Waals surface area contributed by atoms with Gasteiger partial charge in [-0.25, -0.2) is 14.2 Å². The summed E-state index contributed by atoms with van der Waals surface area (Å²) in [6, 6.07) is 15.9. The molecule has 4 atom stereocenters. The number of nitrogens with two attached hydrogens (primary N) is 4. The number of hydrogen-bond acceptors (Lipinski definition) is 7. The van der Waals surface area contributed by atoms with E-state index in [9.17, 15) is 33.5 Å². The zero-order valence-corrected chi connectivity index (χ0v) is 31.9. The van der Waals surface area contributed by atoms with Gasteiger partial charge in [0.05, 0.1) is 5.69 Å². The summed E-state index contributed by atoms with van der Waals surface area (Å²) in [5.41, 5.74) is 24.0. The molecular formula is C40H51FN10O6. The van der Waals surface area contributed by atoms with E-state index < -0.39 is 59.6 Å². The highest BCUT2D eigenvalue weighted by molar-refractivity contribution is 5.98. The van der Waals surface area contributed by atoms with E-state index in [1.807, 2.05) is 19.9 Å². The summed E-state index contributed by atoms with van der Waals surface area (Å²) in [6.07, 6.45) is 3.09. The number of halogens is 1. The van der Waals surface area contributed by atoms with Gasteiger partial charge < -0.3 is 49.3 Å². The molecule has 0 aliphatic carbocycles. The Balaban J connectivity index is 1.92. The molecule has 0 fully saturated rings. The fraction of sp³-hybridized carbons (Fsp3) is 0.325. The smallest absolute Gasteiger partial charge is 0.326 e. The summed E-state index contributed by atoms with van der Waals surface area (Å²) in [5, 5.41) is 20.4. The molecule has 4 amide bonds. The number of carboxylic acids is 1. The van der Waals surface area contributed by atoms with Gasteiger partial charge >= 0.3 is 5.97 Å². The van der Waals surface area contributed by atoms with E-state index >= 15 is 0 Å². The maximum atomic E-state index is 14.1. The van der Waals surface area contributed by atoms with Gasteiger partial charge in [-0.05, 0) is 72.2 Å². The normalized spacial score (nSPS) is 13.1. The Morgan fingerprint density at radius 2 is 1.23 bits per heavy atom. The third-order valence-corrected chi connectivity index (χ3v) is 8.38. The first-order valence-corrected chi connectivity index (χ1v) is 18.3. The van der Waals surface area contributed by atoms with E-state index in [0.29, 0.717) is 16.8 Å². The van der Waals surface area contributed by atoms with Gasteiger partial charge in [0.15, 0.2) is 11.9 Å². The zero-order chi connectivity index (χ0) is 41.9. The minimum atomic E-state index is -1.31. The predicted octanol–water partition coefficient (Wildman–Crippen LogP) is 1.35. The number of carbonyl (C=O) groups excluding carboxylic acids is 4. The lowest BCUT2D eigenvalue weighted by Crippen LogP contribution is -2.58. The van der Waals surface area contributed by atoms with Crippen molar-refractivity contribution in [3.8, 4) is 0 Å². The molecule has 57 heavy (non-hydrogen) atoms. The number of aliphatic carboxylic acids is 1. The Labute approximate surface area is 330 Å². The highest BCUT2D eigenvalue weighted by atomic mass is 19.1. The van der Waals surface area contributed by atoms with E-state index in [4.69, 9.17) is 22.9 Å². The van der Waals surface area contributed by atoms with Crippen LogP contribution in [0.2, 0.25) is 0 Å². The second-order valence-electron chi connectivity index (χ2n) is 13.6. The molecule has 0 spiro atoms. The lowest BCUT2D eigenvalue weighted by atomic mass is 9.99. The Morgan fingerprint density at radius 3 is 1.77 bits per heavy atom. The first-order valence-electron chi connectivity index (χ1n) is 18.3.